The molecule has 2 aliphatic rings. The van der Waals surface area contributed by atoms with Crippen LogP contribution >= 0.6 is 0 Å². The zero-order valence-corrected chi connectivity index (χ0v) is 9.45. The Hall–Kier alpha value is -0.340. The van der Waals surface area contributed by atoms with Crippen LogP contribution in [0.5, 0.6) is 0 Å². The van der Waals surface area contributed by atoms with Gasteiger partial charge in [0, 0.05) is 25.2 Å². The van der Waals surface area contributed by atoms with Crippen molar-refractivity contribution in [2.24, 2.45) is 0 Å². The molecule has 14 heavy (non-hydrogen) atoms. The maximum atomic E-state index is 3.72. The SMILES string of the molecule is CC(CNC1(C)CCCC1)=C1CNC1. The quantitative estimate of drug-likeness (QED) is 0.670. The Labute approximate surface area is 87.2 Å². The molecular formula is C12H22N2. The maximum Gasteiger partial charge on any atom is 0.0183 e. The molecule has 2 N–H and O–H groups in total. The molecule has 1 aliphatic heterocycles. The van der Waals surface area contributed by atoms with E-state index >= 15 is 0 Å². The summed E-state index contributed by atoms with van der Waals surface area (Å²) in [6.45, 7) is 7.96. The van der Waals surface area contributed by atoms with Crippen molar-refractivity contribution in [3.8, 4) is 0 Å². The standard InChI is InChI=1S/C12H22N2/c1-10(11-8-13-9-11)7-14-12(2)5-3-4-6-12/h13-14H,3-9H2,1-2H3. The molecule has 0 aromatic carbocycles. The highest BCUT2D eigenvalue weighted by atomic mass is 15.0. The monoisotopic (exact) mass is 194 g/mol. The highest BCUT2D eigenvalue weighted by Gasteiger charge is 2.27. The summed E-state index contributed by atoms with van der Waals surface area (Å²) in [4.78, 5) is 0. The van der Waals surface area contributed by atoms with E-state index in [9.17, 15) is 0 Å². The maximum absolute atomic E-state index is 3.72. The average molecular weight is 194 g/mol. The van der Waals surface area contributed by atoms with Gasteiger partial charge < -0.3 is 10.6 Å². The molecule has 1 saturated heterocycles. The lowest BCUT2D eigenvalue weighted by Crippen LogP contribution is -2.42. The molecule has 0 bridgehead atoms. The van der Waals surface area contributed by atoms with Crippen LogP contribution in [-0.2, 0) is 0 Å². The lowest BCUT2D eigenvalue weighted by Gasteiger charge is -2.28. The Morgan fingerprint density at radius 1 is 1.36 bits per heavy atom. The fourth-order valence-corrected chi connectivity index (χ4v) is 2.35. The average Bonchev–Trinajstić information content (AvgIpc) is 2.47. The van der Waals surface area contributed by atoms with Crippen LogP contribution in [0.25, 0.3) is 0 Å². The Kier molecular flexibility index (Phi) is 2.93. The fourth-order valence-electron chi connectivity index (χ4n) is 2.35. The Morgan fingerprint density at radius 2 is 2.00 bits per heavy atom. The van der Waals surface area contributed by atoms with Crippen molar-refractivity contribution >= 4 is 0 Å². The van der Waals surface area contributed by atoms with Crippen LogP contribution in [0.1, 0.15) is 39.5 Å². The topological polar surface area (TPSA) is 24.1 Å². The smallest absolute Gasteiger partial charge is 0.0183 e. The van der Waals surface area contributed by atoms with Gasteiger partial charge in [-0.1, -0.05) is 18.4 Å². The van der Waals surface area contributed by atoms with Gasteiger partial charge in [0.05, 0.1) is 0 Å². The molecule has 80 valence electrons. The van der Waals surface area contributed by atoms with Crippen molar-refractivity contribution in [3.05, 3.63) is 11.1 Å². The molecule has 0 atom stereocenters. The lowest BCUT2D eigenvalue weighted by molar-refractivity contribution is 0.377. The normalized spacial score (nSPS) is 24.9. The van der Waals surface area contributed by atoms with Crippen molar-refractivity contribution < 1.29 is 0 Å². The van der Waals surface area contributed by atoms with Crippen molar-refractivity contribution in [1.29, 1.82) is 0 Å². The molecule has 0 radical (unpaired) electrons. The van der Waals surface area contributed by atoms with E-state index in [4.69, 9.17) is 0 Å². The molecule has 0 amide bonds. The third-order valence-electron chi connectivity index (χ3n) is 3.77. The van der Waals surface area contributed by atoms with Crippen molar-refractivity contribution in [3.63, 3.8) is 0 Å². The molecule has 1 saturated carbocycles. The molecule has 1 aliphatic carbocycles. The molecule has 2 nitrogen and oxygen atoms in total. The predicted octanol–water partition coefficient (Wildman–Crippen LogP) is 1.83. The minimum atomic E-state index is 0.430. The molecule has 2 rings (SSSR count). The van der Waals surface area contributed by atoms with Crippen molar-refractivity contribution in [2.75, 3.05) is 19.6 Å². The van der Waals surface area contributed by atoms with Crippen LogP contribution < -0.4 is 10.6 Å². The van der Waals surface area contributed by atoms with E-state index in [0.29, 0.717) is 5.54 Å². The largest absolute Gasteiger partial charge is 0.309 e. The van der Waals surface area contributed by atoms with Crippen molar-refractivity contribution in [2.45, 2.75) is 45.1 Å². The van der Waals surface area contributed by atoms with Gasteiger partial charge in [-0.3, -0.25) is 0 Å². The highest BCUT2D eigenvalue weighted by Crippen LogP contribution is 2.29. The summed E-state index contributed by atoms with van der Waals surface area (Å²) in [6, 6.07) is 0. The lowest BCUT2D eigenvalue weighted by atomic mass is 9.99. The number of nitrogens with one attached hydrogen (secondary N) is 2. The predicted molar refractivity (Wildman–Crippen MR) is 60.4 cm³/mol. The summed E-state index contributed by atoms with van der Waals surface area (Å²) in [5.74, 6) is 0. The Morgan fingerprint density at radius 3 is 2.50 bits per heavy atom. The number of hydrogen-bond donors (Lipinski definition) is 2. The van der Waals surface area contributed by atoms with Crippen molar-refractivity contribution in [1.82, 2.24) is 10.6 Å². The molecule has 2 fully saturated rings. The zero-order valence-electron chi connectivity index (χ0n) is 9.45. The second-order valence-electron chi connectivity index (χ2n) is 5.11. The van der Waals surface area contributed by atoms with Gasteiger partial charge in [0.2, 0.25) is 0 Å². The van der Waals surface area contributed by atoms with Crippen LogP contribution in [0.4, 0.5) is 0 Å². The number of hydrogen-bond acceptors (Lipinski definition) is 2. The van der Waals surface area contributed by atoms with Gasteiger partial charge in [0.15, 0.2) is 0 Å². The third kappa shape index (κ3) is 2.18. The first-order valence-electron chi connectivity index (χ1n) is 5.83. The van der Waals surface area contributed by atoms with E-state index in [0.717, 1.165) is 19.6 Å². The Balaban J connectivity index is 1.81. The zero-order chi connectivity index (χ0) is 10.0. The molecular weight excluding hydrogens is 172 g/mol. The first-order chi connectivity index (χ1) is 6.70. The first kappa shape index (κ1) is 10.2. The minimum Gasteiger partial charge on any atom is -0.309 e. The summed E-state index contributed by atoms with van der Waals surface area (Å²) in [6.07, 6.45) is 5.52. The van der Waals surface area contributed by atoms with Gasteiger partial charge in [-0.25, -0.2) is 0 Å². The van der Waals surface area contributed by atoms with Gasteiger partial charge in [0.1, 0.15) is 0 Å². The van der Waals surface area contributed by atoms with E-state index in [1.54, 1.807) is 11.1 Å². The summed E-state index contributed by atoms with van der Waals surface area (Å²) in [5, 5.41) is 7.02. The summed E-state index contributed by atoms with van der Waals surface area (Å²) >= 11 is 0. The minimum absolute atomic E-state index is 0.430. The first-order valence-corrected chi connectivity index (χ1v) is 5.83. The van der Waals surface area contributed by atoms with Crippen LogP contribution in [0.3, 0.4) is 0 Å². The number of rotatable bonds is 3. The fraction of sp³-hybridized carbons (Fsp3) is 0.833. The van der Waals surface area contributed by atoms with E-state index in [2.05, 4.69) is 24.5 Å². The second kappa shape index (κ2) is 4.03. The van der Waals surface area contributed by atoms with E-state index in [-0.39, 0.29) is 0 Å². The van der Waals surface area contributed by atoms with Gasteiger partial charge >= 0.3 is 0 Å². The summed E-state index contributed by atoms with van der Waals surface area (Å²) in [7, 11) is 0. The van der Waals surface area contributed by atoms with E-state index < -0.39 is 0 Å². The van der Waals surface area contributed by atoms with E-state index in [1.807, 2.05) is 0 Å². The molecule has 0 aromatic rings. The Bertz CT molecular complexity index is 231. The van der Waals surface area contributed by atoms with E-state index in [1.165, 1.54) is 25.7 Å². The van der Waals surface area contributed by atoms with Gasteiger partial charge in [-0.15, -0.1) is 0 Å². The summed E-state index contributed by atoms with van der Waals surface area (Å²) < 4.78 is 0. The van der Waals surface area contributed by atoms with Crippen LogP contribution in [0, 0.1) is 0 Å². The van der Waals surface area contributed by atoms with Crippen LogP contribution in [0.2, 0.25) is 0 Å². The molecule has 1 heterocycles. The van der Waals surface area contributed by atoms with Crippen LogP contribution in [-0.4, -0.2) is 25.2 Å². The third-order valence-corrected chi connectivity index (χ3v) is 3.77. The van der Waals surface area contributed by atoms with Crippen LogP contribution in [0.15, 0.2) is 11.1 Å². The second-order valence-corrected chi connectivity index (χ2v) is 5.11. The highest BCUT2D eigenvalue weighted by molar-refractivity contribution is 5.22. The molecule has 0 unspecified atom stereocenters. The molecule has 0 aromatic heterocycles. The van der Waals surface area contributed by atoms with Gasteiger partial charge in [-0.2, -0.15) is 0 Å². The van der Waals surface area contributed by atoms with Gasteiger partial charge in [0.25, 0.3) is 0 Å². The summed E-state index contributed by atoms with van der Waals surface area (Å²) in [5.41, 5.74) is 3.59. The molecule has 2 heteroatoms. The molecule has 0 spiro atoms. The van der Waals surface area contributed by atoms with Gasteiger partial charge in [-0.05, 0) is 32.3 Å².